The molecule has 0 fully saturated rings. The number of nitrogens with two attached hydrogens (primary N) is 1. The zero-order valence-electron chi connectivity index (χ0n) is 10.1. The minimum atomic E-state index is -0.545. The summed E-state index contributed by atoms with van der Waals surface area (Å²) in [7, 11) is 1.31. The number of benzene rings is 1. The van der Waals surface area contributed by atoms with Gasteiger partial charge in [-0.05, 0) is 31.5 Å². The zero-order chi connectivity index (χ0) is 12.8. The first-order valence-corrected chi connectivity index (χ1v) is 5.52. The van der Waals surface area contributed by atoms with Crippen LogP contribution in [0.5, 0.6) is 5.75 Å². The number of methoxy groups -OCH3 is 1. The number of ether oxygens (including phenoxy) is 1. The highest BCUT2D eigenvalue weighted by molar-refractivity contribution is 5.31. The highest BCUT2D eigenvalue weighted by Crippen LogP contribution is 2.21. The molecule has 0 bridgehead atoms. The number of nitrogens with one attached hydrogen (secondary N) is 1. The van der Waals surface area contributed by atoms with Crippen molar-refractivity contribution in [1.29, 1.82) is 0 Å². The molecule has 1 aromatic carbocycles. The third-order valence-corrected chi connectivity index (χ3v) is 2.36. The van der Waals surface area contributed by atoms with E-state index in [-0.39, 0.29) is 11.8 Å². The third kappa shape index (κ3) is 4.28. The van der Waals surface area contributed by atoms with Crippen LogP contribution in [0.15, 0.2) is 12.1 Å². The molecule has 5 heteroatoms. The van der Waals surface area contributed by atoms with Crippen molar-refractivity contribution in [1.82, 2.24) is 5.32 Å². The highest BCUT2D eigenvalue weighted by atomic mass is 19.1. The van der Waals surface area contributed by atoms with E-state index in [9.17, 15) is 8.78 Å². The van der Waals surface area contributed by atoms with Crippen LogP contribution in [0, 0.1) is 11.6 Å². The zero-order valence-corrected chi connectivity index (χ0v) is 10.1. The first-order valence-electron chi connectivity index (χ1n) is 5.52. The van der Waals surface area contributed by atoms with Gasteiger partial charge in [-0.25, -0.2) is 8.78 Å². The molecule has 0 saturated heterocycles. The minimum absolute atomic E-state index is 0.0486. The Morgan fingerprint density at radius 2 is 2.06 bits per heavy atom. The van der Waals surface area contributed by atoms with E-state index in [4.69, 9.17) is 10.5 Å². The number of rotatable bonds is 6. The number of hydrogen-bond acceptors (Lipinski definition) is 3. The van der Waals surface area contributed by atoms with E-state index >= 15 is 0 Å². The lowest BCUT2D eigenvalue weighted by Crippen LogP contribution is -2.32. The van der Waals surface area contributed by atoms with Crippen LogP contribution < -0.4 is 15.8 Å². The molecule has 0 radical (unpaired) electrons. The molecule has 1 rings (SSSR count). The topological polar surface area (TPSA) is 47.3 Å². The summed E-state index contributed by atoms with van der Waals surface area (Å²) in [5.74, 6) is -1.07. The van der Waals surface area contributed by atoms with Crippen molar-refractivity contribution in [2.45, 2.75) is 19.4 Å². The number of hydrogen-bond donors (Lipinski definition) is 2. The molecule has 1 unspecified atom stereocenters. The molecule has 0 aromatic heterocycles. The summed E-state index contributed by atoms with van der Waals surface area (Å²) in [5.41, 5.74) is 5.88. The van der Waals surface area contributed by atoms with Gasteiger partial charge in [0.15, 0.2) is 11.6 Å². The van der Waals surface area contributed by atoms with Gasteiger partial charge in [0.2, 0.25) is 0 Å². The second kappa shape index (κ2) is 6.51. The molecule has 3 nitrogen and oxygen atoms in total. The largest absolute Gasteiger partial charge is 0.494 e. The Morgan fingerprint density at radius 3 is 2.65 bits per heavy atom. The second-order valence-corrected chi connectivity index (χ2v) is 4.01. The van der Waals surface area contributed by atoms with E-state index in [1.165, 1.54) is 13.2 Å². The van der Waals surface area contributed by atoms with Gasteiger partial charge in [-0.1, -0.05) is 0 Å². The Morgan fingerprint density at radius 1 is 1.35 bits per heavy atom. The van der Waals surface area contributed by atoms with Gasteiger partial charge in [0.05, 0.1) is 7.11 Å². The molecule has 0 spiro atoms. The van der Waals surface area contributed by atoms with E-state index in [0.717, 1.165) is 6.07 Å². The maximum absolute atomic E-state index is 13.5. The smallest absolute Gasteiger partial charge is 0.165 e. The van der Waals surface area contributed by atoms with Gasteiger partial charge >= 0.3 is 0 Å². The van der Waals surface area contributed by atoms with Crippen molar-refractivity contribution in [3.63, 3.8) is 0 Å². The molecule has 0 saturated carbocycles. The van der Waals surface area contributed by atoms with Gasteiger partial charge in [-0.3, -0.25) is 0 Å². The van der Waals surface area contributed by atoms with Crippen molar-refractivity contribution < 1.29 is 13.5 Å². The predicted molar refractivity (Wildman–Crippen MR) is 63.1 cm³/mol. The molecule has 1 atom stereocenters. The SMILES string of the molecule is COc1cc(F)c(CCNCC(C)N)cc1F. The summed E-state index contributed by atoms with van der Waals surface area (Å²) < 4.78 is 31.5. The molecule has 3 N–H and O–H groups in total. The van der Waals surface area contributed by atoms with Crippen molar-refractivity contribution in [2.24, 2.45) is 5.73 Å². The fraction of sp³-hybridized carbons (Fsp3) is 0.500. The molecule has 0 heterocycles. The summed E-state index contributed by atoms with van der Waals surface area (Å²) >= 11 is 0. The van der Waals surface area contributed by atoms with Crippen molar-refractivity contribution in [3.8, 4) is 5.75 Å². The fourth-order valence-electron chi connectivity index (χ4n) is 1.47. The van der Waals surface area contributed by atoms with E-state index in [1.807, 2.05) is 6.92 Å². The molecule has 0 aliphatic rings. The summed E-state index contributed by atoms with van der Waals surface area (Å²) in [5, 5.41) is 3.06. The molecule has 0 amide bonds. The third-order valence-electron chi connectivity index (χ3n) is 2.36. The van der Waals surface area contributed by atoms with E-state index in [0.29, 0.717) is 25.1 Å². The maximum atomic E-state index is 13.5. The van der Waals surface area contributed by atoms with Crippen LogP contribution in [0.1, 0.15) is 12.5 Å². The van der Waals surface area contributed by atoms with Crippen LogP contribution in [0.2, 0.25) is 0 Å². The van der Waals surface area contributed by atoms with Gasteiger partial charge in [-0.2, -0.15) is 0 Å². The average molecular weight is 244 g/mol. The van der Waals surface area contributed by atoms with Crippen LogP contribution in [-0.4, -0.2) is 26.2 Å². The minimum Gasteiger partial charge on any atom is -0.494 e. The Balaban J connectivity index is 2.56. The molecule has 0 aliphatic carbocycles. The quantitative estimate of drug-likeness (QED) is 0.745. The lowest BCUT2D eigenvalue weighted by Gasteiger charge is -2.09. The molecule has 1 aromatic rings. The second-order valence-electron chi connectivity index (χ2n) is 4.01. The molecular formula is C12H18F2N2O. The summed E-state index contributed by atoms with van der Waals surface area (Å²) in [6.07, 6.45) is 0.416. The summed E-state index contributed by atoms with van der Waals surface area (Å²) in [4.78, 5) is 0. The normalized spacial score (nSPS) is 12.5. The van der Waals surface area contributed by atoms with Crippen LogP contribution in [0.4, 0.5) is 8.78 Å². The molecule has 0 aliphatic heterocycles. The maximum Gasteiger partial charge on any atom is 0.165 e. The van der Waals surface area contributed by atoms with Crippen molar-refractivity contribution >= 4 is 0 Å². The Kier molecular flexibility index (Phi) is 5.31. The molecule has 17 heavy (non-hydrogen) atoms. The van der Waals surface area contributed by atoms with Crippen molar-refractivity contribution in [3.05, 3.63) is 29.3 Å². The summed E-state index contributed by atoms with van der Waals surface area (Å²) in [6, 6.07) is 2.28. The first-order chi connectivity index (χ1) is 8.04. The van der Waals surface area contributed by atoms with Crippen LogP contribution in [-0.2, 0) is 6.42 Å². The van der Waals surface area contributed by atoms with Crippen LogP contribution in [0.3, 0.4) is 0 Å². The Hall–Kier alpha value is -1.20. The van der Waals surface area contributed by atoms with Gasteiger partial charge in [0, 0.05) is 18.7 Å². The monoisotopic (exact) mass is 244 g/mol. The first kappa shape index (κ1) is 13.9. The lowest BCUT2D eigenvalue weighted by atomic mass is 10.1. The predicted octanol–water partition coefficient (Wildman–Crippen LogP) is 1.45. The van der Waals surface area contributed by atoms with Gasteiger partial charge in [-0.15, -0.1) is 0 Å². The Labute approximate surface area is 100.0 Å². The lowest BCUT2D eigenvalue weighted by molar-refractivity contribution is 0.381. The molecular weight excluding hydrogens is 226 g/mol. The summed E-state index contributed by atoms with van der Waals surface area (Å²) in [6.45, 7) is 3.09. The fourth-order valence-corrected chi connectivity index (χ4v) is 1.47. The standard InChI is InChI=1S/C12H18F2N2O/c1-8(15)7-16-4-3-9-5-11(14)12(17-2)6-10(9)13/h5-6,8,16H,3-4,7,15H2,1-2H3. The van der Waals surface area contributed by atoms with Gasteiger partial charge in [0.1, 0.15) is 5.82 Å². The molecule has 96 valence electrons. The van der Waals surface area contributed by atoms with Crippen LogP contribution in [0.25, 0.3) is 0 Å². The average Bonchev–Trinajstić information content (AvgIpc) is 2.28. The number of halogens is 2. The Bertz CT molecular complexity index is 370. The van der Waals surface area contributed by atoms with Crippen LogP contribution >= 0.6 is 0 Å². The van der Waals surface area contributed by atoms with Gasteiger partial charge in [0.25, 0.3) is 0 Å². The van der Waals surface area contributed by atoms with E-state index < -0.39 is 11.6 Å². The van der Waals surface area contributed by atoms with Crippen molar-refractivity contribution in [2.75, 3.05) is 20.2 Å². The van der Waals surface area contributed by atoms with E-state index in [2.05, 4.69) is 5.32 Å². The van der Waals surface area contributed by atoms with E-state index in [1.54, 1.807) is 0 Å². The highest BCUT2D eigenvalue weighted by Gasteiger charge is 2.09. The van der Waals surface area contributed by atoms with Gasteiger partial charge < -0.3 is 15.8 Å².